The van der Waals surface area contributed by atoms with Crippen LogP contribution in [0.25, 0.3) is 0 Å². The van der Waals surface area contributed by atoms with Crippen LogP contribution in [-0.2, 0) is 26.5 Å². The maximum atomic E-state index is 12.4. The predicted molar refractivity (Wildman–Crippen MR) is 143 cm³/mol. The average Bonchev–Trinajstić information content (AvgIpc) is 2.85. The fourth-order valence-corrected chi connectivity index (χ4v) is 6.71. The molecule has 11 heteroatoms. The Hall–Kier alpha value is -2.47. The van der Waals surface area contributed by atoms with Crippen molar-refractivity contribution >= 4 is 37.3 Å². The number of aliphatic hydroxyl groups is 1. The van der Waals surface area contributed by atoms with Gasteiger partial charge in [-0.05, 0) is 60.9 Å². The standard InChI is InChI=1S/C25H30ClN3O5S2/c1-19(27-18-25(30)21-8-6-9-22(26)16-21)17-28-23-10-5-7-20(15-23)13-14-35(31,32)29-36(33,34)24-11-3-2-4-12-24/h2-12,15-16,19,25,27-30H,13-14,17-18H2,1H3/t19-,25+/m1/s1. The highest BCUT2D eigenvalue weighted by Crippen LogP contribution is 2.17. The lowest BCUT2D eigenvalue weighted by molar-refractivity contribution is 0.171. The Balaban J connectivity index is 1.48. The van der Waals surface area contributed by atoms with E-state index in [0.717, 1.165) is 16.8 Å². The van der Waals surface area contributed by atoms with Gasteiger partial charge in [-0.15, -0.1) is 4.13 Å². The Kier molecular flexibility index (Phi) is 9.89. The highest BCUT2D eigenvalue weighted by Gasteiger charge is 2.22. The average molecular weight is 552 g/mol. The van der Waals surface area contributed by atoms with E-state index in [1.165, 1.54) is 24.3 Å². The summed E-state index contributed by atoms with van der Waals surface area (Å²) < 4.78 is 51.3. The van der Waals surface area contributed by atoms with Gasteiger partial charge < -0.3 is 15.7 Å². The summed E-state index contributed by atoms with van der Waals surface area (Å²) in [5.41, 5.74) is 2.29. The van der Waals surface area contributed by atoms with Crippen LogP contribution in [0.2, 0.25) is 5.02 Å². The zero-order valence-corrected chi connectivity index (χ0v) is 22.2. The first-order valence-corrected chi connectivity index (χ1v) is 14.9. The van der Waals surface area contributed by atoms with Crippen molar-refractivity contribution < 1.29 is 21.9 Å². The molecular formula is C25H30ClN3O5S2. The van der Waals surface area contributed by atoms with Gasteiger partial charge in [-0.1, -0.05) is 54.1 Å². The molecule has 0 amide bonds. The first kappa shape index (κ1) is 28.1. The number of benzene rings is 3. The summed E-state index contributed by atoms with van der Waals surface area (Å²) >= 11 is 5.98. The van der Waals surface area contributed by atoms with Gasteiger partial charge in [-0.2, -0.15) is 0 Å². The molecule has 0 fully saturated rings. The topological polar surface area (TPSA) is 125 Å². The van der Waals surface area contributed by atoms with Gasteiger partial charge in [0.05, 0.1) is 16.8 Å². The fraction of sp³-hybridized carbons (Fsp3) is 0.280. The van der Waals surface area contributed by atoms with Crippen LogP contribution in [0, 0.1) is 0 Å². The summed E-state index contributed by atoms with van der Waals surface area (Å²) in [4.78, 5) is -0.109. The summed E-state index contributed by atoms with van der Waals surface area (Å²) in [5.74, 6) is -0.373. The number of aryl methyl sites for hydroxylation is 1. The summed E-state index contributed by atoms with van der Waals surface area (Å²) in [6.45, 7) is 2.91. The van der Waals surface area contributed by atoms with Crippen LogP contribution in [-0.4, -0.2) is 46.8 Å². The number of hydrogen-bond acceptors (Lipinski definition) is 7. The second kappa shape index (κ2) is 12.7. The monoisotopic (exact) mass is 551 g/mol. The summed E-state index contributed by atoms with van der Waals surface area (Å²) in [6.07, 6.45) is -0.537. The van der Waals surface area contributed by atoms with Gasteiger partial charge in [0.15, 0.2) is 0 Å². The highest BCUT2D eigenvalue weighted by atomic mass is 35.5. The fourth-order valence-electron chi connectivity index (χ4n) is 3.43. The number of halogens is 1. The minimum atomic E-state index is -4.16. The normalized spacial score (nSPS) is 13.8. The number of aliphatic hydroxyl groups excluding tert-OH is 1. The Morgan fingerprint density at radius 2 is 1.61 bits per heavy atom. The molecule has 8 nitrogen and oxygen atoms in total. The van der Waals surface area contributed by atoms with E-state index >= 15 is 0 Å². The number of sulfonamides is 2. The third-order valence-electron chi connectivity index (χ3n) is 5.38. The molecule has 0 aliphatic carbocycles. The third kappa shape index (κ3) is 8.88. The molecule has 0 saturated carbocycles. The second-order valence-corrected chi connectivity index (χ2v) is 12.6. The summed E-state index contributed by atoms with van der Waals surface area (Å²) in [7, 11) is -8.23. The molecule has 0 spiro atoms. The highest BCUT2D eigenvalue weighted by molar-refractivity contribution is 8.04. The second-order valence-electron chi connectivity index (χ2n) is 8.43. The number of nitrogens with one attached hydrogen (secondary N) is 3. The van der Waals surface area contributed by atoms with Gasteiger partial charge in [0, 0.05) is 29.8 Å². The maximum absolute atomic E-state index is 12.4. The lowest BCUT2D eigenvalue weighted by Crippen LogP contribution is -2.35. The molecule has 0 bridgehead atoms. The number of rotatable bonds is 13. The Labute approximate surface area is 217 Å². The molecule has 0 unspecified atom stereocenters. The van der Waals surface area contributed by atoms with E-state index in [4.69, 9.17) is 11.6 Å². The van der Waals surface area contributed by atoms with E-state index in [9.17, 15) is 21.9 Å². The Bertz CT molecular complexity index is 1350. The molecule has 0 heterocycles. The minimum absolute atomic E-state index is 0.0373. The van der Waals surface area contributed by atoms with Crippen LogP contribution >= 0.6 is 11.6 Å². The molecule has 2 atom stereocenters. The lowest BCUT2D eigenvalue weighted by atomic mass is 10.1. The van der Waals surface area contributed by atoms with Crippen LogP contribution in [0.5, 0.6) is 0 Å². The quantitative estimate of drug-likeness (QED) is 0.257. The zero-order chi connectivity index (χ0) is 26.2. The minimum Gasteiger partial charge on any atom is -0.387 e. The molecule has 3 aromatic rings. The number of anilines is 1. The SMILES string of the molecule is C[C@H](CNc1cccc(CCS(=O)(=O)NS(=O)(=O)c2ccccc2)c1)NC[C@H](O)c1cccc(Cl)c1. The molecule has 3 rings (SSSR count). The van der Waals surface area contributed by atoms with Crippen molar-refractivity contribution in [2.75, 3.05) is 24.2 Å². The van der Waals surface area contributed by atoms with Crippen molar-refractivity contribution in [3.8, 4) is 0 Å². The van der Waals surface area contributed by atoms with Crippen LogP contribution in [0.15, 0.2) is 83.8 Å². The van der Waals surface area contributed by atoms with Gasteiger partial charge >= 0.3 is 0 Å². The molecule has 0 saturated heterocycles. The van der Waals surface area contributed by atoms with E-state index < -0.39 is 26.2 Å². The molecule has 36 heavy (non-hydrogen) atoms. The number of hydrogen-bond donors (Lipinski definition) is 4. The largest absolute Gasteiger partial charge is 0.387 e. The lowest BCUT2D eigenvalue weighted by Gasteiger charge is -2.19. The van der Waals surface area contributed by atoms with Crippen LogP contribution in [0.1, 0.15) is 24.2 Å². The molecule has 3 aromatic carbocycles. The van der Waals surface area contributed by atoms with Gasteiger partial charge in [0.25, 0.3) is 10.0 Å². The van der Waals surface area contributed by atoms with E-state index in [1.807, 2.05) is 25.1 Å². The van der Waals surface area contributed by atoms with Crippen molar-refractivity contribution in [1.29, 1.82) is 0 Å². The maximum Gasteiger partial charge on any atom is 0.253 e. The summed E-state index contributed by atoms with van der Waals surface area (Å²) in [5, 5.41) is 17.5. The summed E-state index contributed by atoms with van der Waals surface area (Å²) in [6, 6.07) is 21.8. The first-order valence-electron chi connectivity index (χ1n) is 11.4. The predicted octanol–water partition coefficient (Wildman–Crippen LogP) is 3.31. The van der Waals surface area contributed by atoms with E-state index in [1.54, 1.807) is 40.5 Å². The molecule has 0 aliphatic heterocycles. The van der Waals surface area contributed by atoms with E-state index in [-0.39, 0.29) is 23.1 Å². The van der Waals surface area contributed by atoms with Crippen molar-refractivity contribution in [1.82, 2.24) is 9.44 Å². The molecule has 0 radical (unpaired) electrons. The van der Waals surface area contributed by atoms with Crippen LogP contribution in [0.3, 0.4) is 0 Å². The van der Waals surface area contributed by atoms with Crippen LogP contribution in [0.4, 0.5) is 5.69 Å². The van der Waals surface area contributed by atoms with Crippen LogP contribution < -0.4 is 14.8 Å². The van der Waals surface area contributed by atoms with E-state index in [2.05, 4.69) is 10.6 Å². The van der Waals surface area contributed by atoms with E-state index in [0.29, 0.717) is 18.1 Å². The van der Waals surface area contributed by atoms with Crippen molar-refractivity contribution in [3.05, 3.63) is 95.0 Å². The van der Waals surface area contributed by atoms with Gasteiger partial charge in [0.1, 0.15) is 0 Å². The van der Waals surface area contributed by atoms with Crippen molar-refractivity contribution in [2.45, 2.75) is 30.4 Å². The van der Waals surface area contributed by atoms with Crippen molar-refractivity contribution in [2.24, 2.45) is 0 Å². The first-order chi connectivity index (χ1) is 17.0. The molecule has 0 aliphatic rings. The molecule has 0 aromatic heterocycles. The smallest absolute Gasteiger partial charge is 0.253 e. The zero-order valence-electron chi connectivity index (χ0n) is 19.8. The molecular weight excluding hydrogens is 522 g/mol. The Morgan fingerprint density at radius 1 is 0.889 bits per heavy atom. The molecule has 4 N–H and O–H groups in total. The van der Waals surface area contributed by atoms with Gasteiger partial charge in [-0.25, -0.2) is 16.8 Å². The van der Waals surface area contributed by atoms with Gasteiger partial charge in [-0.3, -0.25) is 0 Å². The third-order valence-corrected chi connectivity index (χ3v) is 9.14. The Morgan fingerprint density at radius 3 is 2.33 bits per heavy atom. The molecule has 194 valence electrons. The van der Waals surface area contributed by atoms with Crippen molar-refractivity contribution in [3.63, 3.8) is 0 Å². The van der Waals surface area contributed by atoms with Gasteiger partial charge in [0.2, 0.25) is 10.0 Å².